The van der Waals surface area contributed by atoms with Crippen LogP contribution in [0.1, 0.15) is 37.8 Å². The Balaban J connectivity index is 1.59. The van der Waals surface area contributed by atoms with Crippen LogP contribution in [0.5, 0.6) is 0 Å². The molecule has 2 unspecified atom stereocenters. The Morgan fingerprint density at radius 3 is 2.48 bits per heavy atom. The maximum atomic E-state index is 5.93. The summed E-state index contributed by atoms with van der Waals surface area (Å²) in [6.45, 7) is 9.83. The van der Waals surface area contributed by atoms with Gasteiger partial charge in [-0.1, -0.05) is 38.1 Å². The standard InChI is InChI=1S/C18H28N2O/c1-14(2)9-19-10-15-5-3-4-6-16(15)11-20-12-17-7-8-18(13-20)21-17/h3-6,14,17-19H,7-13H2,1-2H3. The van der Waals surface area contributed by atoms with Crippen molar-refractivity contribution in [3.8, 4) is 0 Å². The third kappa shape index (κ3) is 4.06. The Morgan fingerprint density at radius 1 is 1.14 bits per heavy atom. The Kier molecular flexibility index (Phi) is 4.94. The molecular formula is C18H28N2O. The first kappa shape index (κ1) is 15.0. The van der Waals surface area contributed by atoms with Gasteiger partial charge < -0.3 is 10.1 Å². The zero-order valence-corrected chi connectivity index (χ0v) is 13.3. The van der Waals surface area contributed by atoms with Crippen LogP contribution in [0.2, 0.25) is 0 Å². The van der Waals surface area contributed by atoms with Crippen LogP contribution >= 0.6 is 0 Å². The molecule has 21 heavy (non-hydrogen) atoms. The number of likely N-dealkylation sites (tertiary alicyclic amines) is 1. The summed E-state index contributed by atoms with van der Waals surface area (Å²) in [6, 6.07) is 8.86. The van der Waals surface area contributed by atoms with Crippen molar-refractivity contribution in [2.75, 3.05) is 19.6 Å². The van der Waals surface area contributed by atoms with Crippen molar-refractivity contribution >= 4 is 0 Å². The minimum atomic E-state index is 0.481. The third-order valence-corrected chi connectivity index (χ3v) is 4.50. The van der Waals surface area contributed by atoms with E-state index >= 15 is 0 Å². The van der Waals surface area contributed by atoms with Gasteiger partial charge in [0.2, 0.25) is 0 Å². The maximum absolute atomic E-state index is 5.93. The molecule has 2 heterocycles. The summed E-state index contributed by atoms with van der Waals surface area (Å²) in [5.74, 6) is 0.701. The first-order valence-corrected chi connectivity index (χ1v) is 8.36. The minimum absolute atomic E-state index is 0.481. The summed E-state index contributed by atoms with van der Waals surface area (Å²) in [5.41, 5.74) is 2.91. The minimum Gasteiger partial charge on any atom is -0.372 e. The lowest BCUT2D eigenvalue weighted by molar-refractivity contribution is -0.0411. The number of hydrogen-bond acceptors (Lipinski definition) is 3. The number of rotatable bonds is 6. The van der Waals surface area contributed by atoms with E-state index in [4.69, 9.17) is 4.74 Å². The van der Waals surface area contributed by atoms with E-state index in [0.717, 1.165) is 32.7 Å². The largest absolute Gasteiger partial charge is 0.372 e. The summed E-state index contributed by atoms with van der Waals surface area (Å²) in [7, 11) is 0. The fourth-order valence-electron chi connectivity index (χ4n) is 3.45. The Labute approximate surface area is 128 Å². The lowest BCUT2D eigenvalue weighted by Crippen LogP contribution is -2.42. The van der Waals surface area contributed by atoms with Crippen molar-refractivity contribution in [3.05, 3.63) is 35.4 Å². The van der Waals surface area contributed by atoms with E-state index in [1.807, 2.05) is 0 Å². The number of nitrogens with zero attached hydrogens (tertiary/aromatic N) is 1. The molecule has 2 fully saturated rings. The van der Waals surface area contributed by atoms with Gasteiger partial charge in [0.25, 0.3) is 0 Å². The molecule has 0 amide bonds. The Morgan fingerprint density at radius 2 is 1.81 bits per heavy atom. The van der Waals surface area contributed by atoms with Gasteiger partial charge in [-0.15, -0.1) is 0 Å². The maximum Gasteiger partial charge on any atom is 0.0707 e. The number of ether oxygens (including phenoxy) is 1. The smallest absolute Gasteiger partial charge is 0.0707 e. The average Bonchev–Trinajstić information content (AvgIpc) is 2.79. The van der Waals surface area contributed by atoms with Crippen LogP contribution in [0.15, 0.2) is 24.3 Å². The van der Waals surface area contributed by atoms with Gasteiger partial charge in [0, 0.05) is 26.2 Å². The molecule has 2 bridgehead atoms. The molecule has 0 aliphatic carbocycles. The van der Waals surface area contributed by atoms with Crippen LogP contribution in [0.4, 0.5) is 0 Å². The highest BCUT2D eigenvalue weighted by Crippen LogP contribution is 2.27. The second kappa shape index (κ2) is 6.91. The summed E-state index contributed by atoms with van der Waals surface area (Å²) < 4.78 is 5.93. The molecule has 2 aliphatic heterocycles. The lowest BCUT2D eigenvalue weighted by atomic mass is 10.1. The van der Waals surface area contributed by atoms with Gasteiger partial charge in [-0.05, 0) is 36.4 Å². The van der Waals surface area contributed by atoms with Gasteiger partial charge in [0.05, 0.1) is 12.2 Å². The number of morpholine rings is 1. The molecule has 1 N–H and O–H groups in total. The van der Waals surface area contributed by atoms with Crippen molar-refractivity contribution in [2.24, 2.45) is 5.92 Å². The number of nitrogens with one attached hydrogen (secondary N) is 1. The Bertz CT molecular complexity index is 448. The second-order valence-corrected chi connectivity index (χ2v) is 6.94. The fraction of sp³-hybridized carbons (Fsp3) is 0.667. The van der Waals surface area contributed by atoms with Crippen molar-refractivity contribution in [1.82, 2.24) is 10.2 Å². The normalized spacial score (nSPS) is 25.7. The SMILES string of the molecule is CC(C)CNCc1ccccc1CN1CC2CCC(C1)O2. The molecule has 116 valence electrons. The molecule has 1 aromatic carbocycles. The van der Waals surface area contributed by atoms with Crippen LogP contribution in [0, 0.1) is 5.92 Å². The highest BCUT2D eigenvalue weighted by molar-refractivity contribution is 5.27. The van der Waals surface area contributed by atoms with Crippen LogP contribution in [0.25, 0.3) is 0 Å². The van der Waals surface area contributed by atoms with Crippen LogP contribution in [-0.2, 0) is 17.8 Å². The summed E-state index contributed by atoms with van der Waals surface area (Å²) >= 11 is 0. The molecule has 0 aromatic heterocycles. The van der Waals surface area contributed by atoms with Crippen LogP contribution in [-0.4, -0.2) is 36.7 Å². The number of benzene rings is 1. The van der Waals surface area contributed by atoms with Gasteiger partial charge in [-0.2, -0.15) is 0 Å². The third-order valence-electron chi connectivity index (χ3n) is 4.50. The number of hydrogen-bond donors (Lipinski definition) is 1. The van der Waals surface area contributed by atoms with Crippen molar-refractivity contribution in [3.63, 3.8) is 0 Å². The van der Waals surface area contributed by atoms with Crippen molar-refractivity contribution < 1.29 is 4.74 Å². The Hall–Kier alpha value is -0.900. The van der Waals surface area contributed by atoms with E-state index in [1.54, 1.807) is 0 Å². The van der Waals surface area contributed by atoms with Gasteiger partial charge in [-0.25, -0.2) is 0 Å². The summed E-state index contributed by atoms with van der Waals surface area (Å²) in [4.78, 5) is 2.58. The van der Waals surface area contributed by atoms with Crippen molar-refractivity contribution in [2.45, 2.75) is 52.0 Å². The molecular weight excluding hydrogens is 260 g/mol. The molecule has 2 atom stereocenters. The lowest BCUT2D eigenvalue weighted by Gasteiger charge is -2.32. The number of fused-ring (bicyclic) bond motifs is 2. The monoisotopic (exact) mass is 288 g/mol. The van der Waals surface area contributed by atoms with E-state index in [-0.39, 0.29) is 0 Å². The van der Waals surface area contributed by atoms with E-state index < -0.39 is 0 Å². The van der Waals surface area contributed by atoms with E-state index in [0.29, 0.717) is 18.1 Å². The quantitative estimate of drug-likeness (QED) is 0.871. The van der Waals surface area contributed by atoms with Gasteiger partial charge in [0.1, 0.15) is 0 Å². The first-order chi connectivity index (χ1) is 10.2. The zero-order valence-electron chi connectivity index (χ0n) is 13.3. The highest BCUT2D eigenvalue weighted by Gasteiger charge is 2.33. The van der Waals surface area contributed by atoms with Gasteiger partial charge in [0.15, 0.2) is 0 Å². The molecule has 3 nitrogen and oxygen atoms in total. The molecule has 0 saturated carbocycles. The molecule has 2 aliphatic rings. The summed E-state index contributed by atoms with van der Waals surface area (Å²) in [5, 5.41) is 3.57. The van der Waals surface area contributed by atoms with Crippen LogP contribution < -0.4 is 5.32 Å². The topological polar surface area (TPSA) is 24.5 Å². The second-order valence-electron chi connectivity index (χ2n) is 6.94. The molecule has 1 aromatic rings. The highest BCUT2D eigenvalue weighted by atomic mass is 16.5. The zero-order chi connectivity index (χ0) is 14.7. The molecule has 0 spiro atoms. The molecule has 0 radical (unpaired) electrons. The van der Waals surface area contributed by atoms with E-state index in [2.05, 4.69) is 48.3 Å². The van der Waals surface area contributed by atoms with E-state index in [1.165, 1.54) is 24.0 Å². The fourth-order valence-corrected chi connectivity index (χ4v) is 3.45. The average molecular weight is 288 g/mol. The predicted octanol–water partition coefficient (Wildman–Crippen LogP) is 2.80. The summed E-state index contributed by atoms with van der Waals surface area (Å²) in [6.07, 6.45) is 3.46. The van der Waals surface area contributed by atoms with Gasteiger partial charge >= 0.3 is 0 Å². The van der Waals surface area contributed by atoms with Crippen LogP contribution in [0.3, 0.4) is 0 Å². The van der Waals surface area contributed by atoms with Crippen molar-refractivity contribution in [1.29, 1.82) is 0 Å². The molecule has 2 saturated heterocycles. The molecule has 3 rings (SSSR count). The predicted molar refractivity (Wildman–Crippen MR) is 86.2 cm³/mol. The van der Waals surface area contributed by atoms with E-state index in [9.17, 15) is 0 Å². The first-order valence-electron chi connectivity index (χ1n) is 8.36. The van der Waals surface area contributed by atoms with Gasteiger partial charge in [-0.3, -0.25) is 4.90 Å². The molecule has 3 heteroatoms.